The Morgan fingerprint density at radius 3 is 2.23 bits per heavy atom. The second kappa shape index (κ2) is 5.36. The van der Waals surface area contributed by atoms with E-state index in [-0.39, 0.29) is 5.69 Å². The zero-order valence-electron chi connectivity index (χ0n) is 11.6. The number of hydrogen-bond acceptors (Lipinski definition) is 3. The van der Waals surface area contributed by atoms with Gasteiger partial charge in [0.2, 0.25) is 0 Å². The Labute approximate surface area is 125 Å². The Balaban J connectivity index is 1.87. The van der Waals surface area contributed by atoms with Gasteiger partial charge < -0.3 is 4.74 Å². The van der Waals surface area contributed by atoms with Gasteiger partial charge in [0.15, 0.2) is 11.6 Å². The van der Waals surface area contributed by atoms with Crippen LogP contribution in [0.2, 0.25) is 0 Å². The van der Waals surface area contributed by atoms with Crippen LogP contribution in [0, 0.1) is 21.7 Å². The zero-order chi connectivity index (χ0) is 15.7. The van der Waals surface area contributed by atoms with Crippen LogP contribution in [-0.2, 0) is 5.60 Å². The maximum atomic E-state index is 13.4. The van der Waals surface area contributed by atoms with Gasteiger partial charge in [0.1, 0.15) is 11.4 Å². The first-order valence-corrected chi connectivity index (χ1v) is 6.89. The average molecular weight is 305 g/mol. The van der Waals surface area contributed by atoms with E-state index in [0.29, 0.717) is 24.2 Å². The summed E-state index contributed by atoms with van der Waals surface area (Å²) in [6.07, 6.45) is 2.30. The molecule has 114 valence electrons. The lowest BCUT2D eigenvalue weighted by Crippen LogP contribution is -2.40. The fourth-order valence-electron chi connectivity index (χ4n) is 2.59. The molecule has 1 aliphatic carbocycles. The van der Waals surface area contributed by atoms with Crippen LogP contribution in [0.5, 0.6) is 5.75 Å². The predicted octanol–water partition coefficient (Wildman–Crippen LogP) is 4.33. The van der Waals surface area contributed by atoms with E-state index in [2.05, 4.69) is 0 Å². The van der Waals surface area contributed by atoms with Crippen molar-refractivity contribution in [1.29, 1.82) is 0 Å². The number of benzene rings is 2. The lowest BCUT2D eigenvalue weighted by molar-refractivity contribution is -0.384. The summed E-state index contributed by atoms with van der Waals surface area (Å²) in [7, 11) is 0. The van der Waals surface area contributed by atoms with Gasteiger partial charge in [-0.25, -0.2) is 8.78 Å². The van der Waals surface area contributed by atoms with Crippen molar-refractivity contribution < 1.29 is 18.4 Å². The van der Waals surface area contributed by atoms with E-state index < -0.39 is 22.2 Å². The quantitative estimate of drug-likeness (QED) is 0.624. The summed E-state index contributed by atoms with van der Waals surface area (Å²) in [6, 6.07) is 9.49. The first-order chi connectivity index (χ1) is 10.5. The predicted molar refractivity (Wildman–Crippen MR) is 75.6 cm³/mol. The normalized spacial score (nSPS) is 15.9. The van der Waals surface area contributed by atoms with Crippen molar-refractivity contribution in [1.82, 2.24) is 0 Å². The summed E-state index contributed by atoms with van der Waals surface area (Å²) in [5.41, 5.74) is -0.135. The van der Waals surface area contributed by atoms with Gasteiger partial charge in [0, 0.05) is 12.1 Å². The van der Waals surface area contributed by atoms with Gasteiger partial charge in [-0.3, -0.25) is 10.1 Å². The van der Waals surface area contributed by atoms with Crippen molar-refractivity contribution in [3.63, 3.8) is 0 Å². The van der Waals surface area contributed by atoms with Crippen molar-refractivity contribution in [2.24, 2.45) is 0 Å². The number of hydrogen-bond donors (Lipinski definition) is 0. The monoisotopic (exact) mass is 305 g/mol. The molecule has 0 aromatic heterocycles. The van der Waals surface area contributed by atoms with E-state index >= 15 is 0 Å². The molecule has 2 aromatic rings. The van der Waals surface area contributed by atoms with Gasteiger partial charge >= 0.3 is 0 Å². The van der Waals surface area contributed by atoms with Gasteiger partial charge in [-0.05, 0) is 49.1 Å². The molecule has 3 rings (SSSR count). The molecule has 0 bridgehead atoms. The van der Waals surface area contributed by atoms with Gasteiger partial charge in [-0.15, -0.1) is 0 Å². The molecule has 0 spiro atoms. The van der Waals surface area contributed by atoms with Crippen LogP contribution in [0.1, 0.15) is 24.8 Å². The number of ether oxygens (including phenoxy) is 1. The third-order valence-electron chi connectivity index (χ3n) is 3.97. The molecule has 1 fully saturated rings. The maximum Gasteiger partial charge on any atom is 0.269 e. The molecular weight excluding hydrogens is 292 g/mol. The first-order valence-electron chi connectivity index (χ1n) is 6.89. The van der Waals surface area contributed by atoms with Crippen LogP contribution in [0.25, 0.3) is 0 Å². The van der Waals surface area contributed by atoms with Crippen LogP contribution in [0.15, 0.2) is 42.5 Å². The van der Waals surface area contributed by atoms with E-state index in [9.17, 15) is 18.9 Å². The molecule has 0 radical (unpaired) electrons. The van der Waals surface area contributed by atoms with Gasteiger partial charge in [-0.1, -0.05) is 6.07 Å². The minimum atomic E-state index is -0.906. The maximum absolute atomic E-state index is 13.4. The van der Waals surface area contributed by atoms with Crippen molar-refractivity contribution in [3.8, 4) is 5.75 Å². The Morgan fingerprint density at radius 2 is 1.73 bits per heavy atom. The fourth-order valence-corrected chi connectivity index (χ4v) is 2.59. The van der Waals surface area contributed by atoms with Gasteiger partial charge in [0.25, 0.3) is 5.69 Å². The summed E-state index contributed by atoms with van der Waals surface area (Å²) < 4.78 is 32.5. The minimum absolute atomic E-state index is 0.0252. The lowest BCUT2D eigenvalue weighted by Gasteiger charge is -2.42. The number of rotatable bonds is 4. The van der Waals surface area contributed by atoms with Crippen molar-refractivity contribution >= 4 is 5.69 Å². The minimum Gasteiger partial charge on any atom is -0.483 e. The second-order valence-electron chi connectivity index (χ2n) is 5.33. The highest BCUT2D eigenvalue weighted by Gasteiger charge is 2.41. The highest BCUT2D eigenvalue weighted by molar-refractivity contribution is 5.37. The summed E-state index contributed by atoms with van der Waals surface area (Å²) in [6.45, 7) is 0. The molecule has 2 aromatic carbocycles. The van der Waals surface area contributed by atoms with E-state index in [4.69, 9.17) is 4.74 Å². The Hall–Kier alpha value is -2.50. The fraction of sp³-hybridized carbons (Fsp3) is 0.250. The molecular formula is C16H13F2NO3. The van der Waals surface area contributed by atoms with E-state index in [0.717, 1.165) is 18.6 Å². The molecule has 0 amide bonds. The SMILES string of the molecule is O=[N+]([O-])c1ccc(OC2(c3ccc(F)c(F)c3)CCC2)cc1. The number of halogens is 2. The van der Waals surface area contributed by atoms with Crippen LogP contribution in [-0.4, -0.2) is 4.92 Å². The number of nitro benzene ring substituents is 1. The third kappa shape index (κ3) is 2.52. The molecule has 6 heteroatoms. The smallest absolute Gasteiger partial charge is 0.269 e. The largest absolute Gasteiger partial charge is 0.483 e. The van der Waals surface area contributed by atoms with Crippen molar-refractivity contribution in [3.05, 3.63) is 69.8 Å². The van der Waals surface area contributed by atoms with Crippen LogP contribution >= 0.6 is 0 Å². The average Bonchev–Trinajstić information content (AvgIpc) is 2.46. The van der Waals surface area contributed by atoms with E-state index in [1.807, 2.05) is 0 Å². The van der Waals surface area contributed by atoms with E-state index in [1.165, 1.54) is 30.3 Å². The summed E-state index contributed by atoms with van der Waals surface area (Å²) in [5, 5.41) is 10.6. The molecule has 1 saturated carbocycles. The van der Waals surface area contributed by atoms with Crippen LogP contribution in [0.3, 0.4) is 0 Å². The summed E-state index contributed by atoms with van der Waals surface area (Å²) >= 11 is 0. The Bertz CT molecular complexity index is 712. The first kappa shape index (κ1) is 14.4. The number of nitrogens with zero attached hydrogens (tertiary/aromatic N) is 1. The molecule has 4 nitrogen and oxygen atoms in total. The van der Waals surface area contributed by atoms with Crippen LogP contribution in [0.4, 0.5) is 14.5 Å². The van der Waals surface area contributed by atoms with Gasteiger partial charge in [0.05, 0.1) is 4.92 Å². The standard InChI is InChI=1S/C16H13F2NO3/c17-14-7-2-11(10-15(14)18)16(8-1-9-16)22-13-5-3-12(4-6-13)19(20)21/h2-7,10H,1,8-9H2. The molecule has 22 heavy (non-hydrogen) atoms. The second-order valence-corrected chi connectivity index (χ2v) is 5.33. The lowest BCUT2D eigenvalue weighted by atomic mass is 9.74. The number of nitro groups is 1. The Kier molecular flexibility index (Phi) is 3.52. The summed E-state index contributed by atoms with van der Waals surface area (Å²) in [4.78, 5) is 10.2. The third-order valence-corrected chi connectivity index (χ3v) is 3.97. The molecule has 0 saturated heterocycles. The molecule has 0 aliphatic heterocycles. The van der Waals surface area contributed by atoms with Crippen LogP contribution < -0.4 is 4.74 Å². The number of non-ortho nitro benzene ring substituents is 1. The topological polar surface area (TPSA) is 52.4 Å². The summed E-state index contributed by atoms with van der Waals surface area (Å²) in [5.74, 6) is -1.33. The Morgan fingerprint density at radius 1 is 1.05 bits per heavy atom. The zero-order valence-corrected chi connectivity index (χ0v) is 11.6. The highest BCUT2D eigenvalue weighted by Crippen LogP contribution is 2.45. The van der Waals surface area contributed by atoms with E-state index in [1.54, 1.807) is 0 Å². The molecule has 0 atom stereocenters. The van der Waals surface area contributed by atoms with Gasteiger partial charge in [-0.2, -0.15) is 0 Å². The molecule has 0 heterocycles. The van der Waals surface area contributed by atoms with Crippen molar-refractivity contribution in [2.45, 2.75) is 24.9 Å². The highest BCUT2D eigenvalue weighted by atomic mass is 19.2. The van der Waals surface area contributed by atoms with Crippen molar-refractivity contribution in [2.75, 3.05) is 0 Å². The molecule has 0 N–H and O–H groups in total. The molecule has 0 unspecified atom stereocenters. The molecule has 1 aliphatic rings.